The number of methoxy groups -OCH3 is 1. The van der Waals surface area contributed by atoms with E-state index in [1.165, 1.54) is 0 Å². The van der Waals surface area contributed by atoms with E-state index >= 15 is 0 Å². The lowest BCUT2D eigenvalue weighted by Gasteiger charge is -2.19. The number of benzene rings is 2. The molecule has 1 heterocycles. The molecule has 0 unspecified atom stereocenters. The molecule has 7 heteroatoms. The van der Waals surface area contributed by atoms with Gasteiger partial charge in [-0.15, -0.1) is 5.10 Å². The number of carbonyl (C=O) groups excluding carboxylic acids is 1. The summed E-state index contributed by atoms with van der Waals surface area (Å²) >= 11 is 6.25. The van der Waals surface area contributed by atoms with Crippen LogP contribution in [0.1, 0.15) is 28.9 Å². The highest BCUT2D eigenvalue weighted by atomic mass is 35.5. The number of para-hydroxylation sites is 1. The van der Waals surface area contributed by atoms with Gasteiger partial charge in [0.1, 0.15) is 11.6 Å². The van der Waals surface area contributed by atoms with Crippen LogP contribution in [0.2, 0.25) is 5.02 Å². The molecule has 0 fully saturated rings. The van der Waals surface area contributed by atoms with Crippen molar-refractivity contribution >= 4 is 17.5 Å². The Labute approximate surface area is 163 Å². The van der Waals surface area contributed by atoms with Crippen LogP contribution in [0.5, 0.6) is 5.75 Å². The molecule has 2 aromatic carbocycles. The number of ether oxygens (including phenoxy) is 1. The standard InChI is InChI=1S/C20H21ClN4O2/c1-4-24(13-15-9-11-16(27-3)12-10-15)20(26)19-22-14(2)25(23-19)18-8-6-5-7-17(18)21/h5-12H,4,13H2,1-3H3. The SMILES string of the molecule is CCN(Cc1ccc(OC)cc1)C(=O)c1nc(C)n(-c2ccccc2Cl)n1. The molecule has 1 aromatic heterocycles. The zero-order valence-electron chi connectivity index (χ0n) is 15.5. The molecular weight excluding hydrogens is 364 g/mol. The molecule has 0 saturated heterocycles. The minimum atomic E-state index is -0.220. The summed E-state index contributed by atoms with van der Waals surface area (Å²) in [5, 5.41) is 4.94. The molecule has 0 radical (unpaired) electrons. The van der Waals surface area contributed by atoms with E-state index in [2.05, 4.69) is 10.1 Å². The van der Waals surface area contributed by atoms with Crippen molar-refractivity contribution in [3.05, 3.63) is 70.8 Å². The summed E-state index contributed by atoms with van der Waals surface area (Å²) in [7, 11) is 1.63. The van der Waals surface area contributed by atoms with Gasteiger partial charge in [0.05, 0.1) is 17.8 Å². The molecule has 0 bridgehead atoms. The van der Waals surface area contributed by atoms with Crippen molar-refractivity contribution in [1.82, 2.24) is 19.7 Å². The highest BCUT2D eigenvalue weighted by Gasteiger charge is 2.21. The van der Waals surface area contributed by atoms with Gasteiger partial charge in [-0.1, -0.05) is 35.9 Å². The second kappa shape index (κ2) is 8.22. The van der Waals surface area contributed by atoms with Crippen LogP contribution in [0, 0.1) is 6.92 Å². The Morgan fingerprint density at radius 1 is 1.19 bits per heavy atom. The number of nitrogens with zero attached hydrogens (tertiary/aromatic N) is 4. The molecule has 140 valence electrons. The van der Waals surface area contributed by atoms with Crippen molar-refractivity contribution in [2.45, 2.75) is 20.4 Å². The Bertz CT molecular complexity index is 937. The van der Waals surface area contributed by atoms with Crippen molar-refractivity contribution in [2.75, 3.05) is 13.7 Å². The number of carbonyl (C=O) groups is 1. The molecule has 0 atom stereocenters. The minimum Gasteiger partial charge on any atom is -0.497 e. The maximum atomic E-state index is 12.9. The summed E-state index contributed by atoms with van der Waals surface area (Å²) in [6.45, 7) is 4.75. The van der Waals surface area contributed by atoms with Crippen molar-refractivity contribution in [2.24, 2.45) is 0 Å². The first-order valence-corrected chi connectivity index (χ1v) is 9.02. The summed E-state index contributed by atoms with van der Waals surface area (Å²) in [5.74, 6) is 1.32. The zero-order valence-corrected chi connectivity index (χ0v) is 16.3. The third-order valence-corrected chi connectivity index (χ3v) is 4.56. The average Bonchev–Trinajstić information content (AvgIpc) is 3.08. The van der Waals surface area contributed by atoms with E-state index in [0.717, 1.165) is 11.3 Å². The summed E-state index contributed by atoms with van der Waals surface area (Å²) in [5.41, 5.74) is 1.70. The summed E-state index contributed by atoms with van der Waals surface area (Å²) in [6, 6.07) is 15.0. The van der Waals surface area contributed by atoms with E-state index < -0.39 is 0 Å². The number of aryl methyl sites for hydroxylation is 1. The normalized spacial score (nSPS) is 10.7. The van der Waals surface area contributed by atoms with E-state index in [4.69, 9.17) is 16.3 Å². The molecule has 0 aliphatic heterocycles. The largest absolute Gasteiger partial charge is 0.497 e. The van der Waals surface area contributed by atoms with E-state index in [1.807, 2.05) is 49.4 Å². The lowest BCUT2D eigenvalue weighted by atomic mass is 10.2. The van der Waals surface area contributed by atoms with Crippen molar-refractivity contribution in [1.29, 1.82) is 0 Å². The first-order valence-electron chi connectivity index (χ1n) is 8.64. The number of hydrogen-bond donors (Lipinski definition) is 0. The van der Waals surface area contributed by atoms with E-state index in [1.54, 1.807) is 29.7 Å². The zero-order chi connectivity index (χ0) is 19.4. The molecule has 3 aromatic rings. The van der Waals surface area contributed by atoms with Crippen LogP contribution >= 0.6 is 11.6 Å². The van der Waals surface area contributed by atoms with Gasteiger partial charge >= 0.3 is 0 Å². The van der Waals surface area contributed by atoms with Gasteiger partial charge in [-0.05, 0) is 43.7 Å². The fourth-order valence-corrected chi connectivity index (χ4v) is 2.97. The first kappa shape index (κ1) is 18.9. The smallest absolute Gasteiger partial charge is 0.293 e. The second-order valence-corrected chi connectivity index (χ2v) is 6.42. The van der Waals surface area contributed by atoms with E-state index in [-0.39, 0.29) is 11.7 Å². The Morgan fingerprint density at radius 3 is 2.52 bits per heavy atom. The van der Waals surface area contributed by atoms with Crippen LogP contribution in [-0.2, 0) is 6.54 Å². The maximum absolute atomic E-state index is 12.9. The highest BCUT2D eigenvalue weighted by molar-refractivity contribution is 6.32. The molecule has 0 aliphatic rings. The Morgan fingerprint density at radius 2 is 1.89 bits per heavy atom. The first-order chi connectivity index (χ1) is 13.0. The fourth-order valence-electron chi connectivity index (χ4n) is 2.75. The number of halogens is 1. The van der Waals surface area contributed by atoms with E-state index in [0.29, 0.717) is 29.6 Å². The van der Waals surface area contributed by atoms with Gasteiger partial charge in [0.2, 0.25) is 5.82 Å². The van der Waals surface area contributed by atoms with Crippen molar-refractivity contribution in [3.63, 3.8) is 0 Å². The second-order valence-electron chi connectivity index (χ2n) is 6.01. The number of aromatic nitrogens is 3. The predicted octanol–water partition coefficient (Wildman–Crippen LogP) is 3.90. The van der Waals surface area contributed by atoms with Gasteiger partial charge in [-0.3, -0.25) is 4.79 Å². The minimum absolute atomic E-state index is 0.155. The van der Waals surface area contributed by atoms with Gasteiger partial charge in [0.15, 0.2) is 0 Å². The fraction of sp³-hybridized carbons (Fsp3) is 0.250. The molecule has 0 spiro atoms. The summed E-state index contributed by atoms with van der Waals surface area (Å²) < 4.78 is 6.76. The van der Waals surface area contributed by atoms with Gasteiger partial charge < -0.3 is 9.64 Å². The van der Waals surface area contributed by atoms with Gasteiger partial charge in [-0.25, -0.2) is 9.67 Å². The number of amides is 1. The van der Waals surface area contributed by atoms with Gasteiger partial charge in [0, 0.05) is 13.1 Å². The summed E-state index contributed by atoms with van der Waals surface area (Å²) in [6.07, 6.45) is 0. The topological polar surface area (TPSA) is 60.2 Å². The summed E-state index contributed by atoms with van der Waals surface area (Å²) in [4.78, 5) is 19.0. The third-order valence-electron chi connectivity index (χ3n) is 4.24. The lowest BCUT2D eigenvalue weighted by Crippen LogP contribution is -2.31. The molecule has 27 heavy (non-hydrogen) atoms. The third kappa shape index (κ3) is 4.11. The van der Waals surface area contributed by atoms with Crippen molar-refractivity contribution in [3.8, 4) is 11.4 Å². The van der Waals surface area contributed by atoms with Crippen LogP contribution in [-0.4, -0.2) is 39.2 Å². The monoisotopic (exact) mass is 384 g/mol. The predicted molar refractivity (Wildman–Crippen MR) is 105 cm³/mol. The van der Waals surface area contributed by atoms with Crippen LogP contribution in [0.4, 0.5) is 0 Å². The number of rotatable bonds is 6. The molecule has 0 aliphatic carbocycles. The van der Waals surface area contributed by atoms with Crippen molar-refractivity contribution < 1.29 is 9.53 Å². The molecule has 1 amide bonds. The average molecular weight is 385 g/mol. The van der Waals surface area contributed by atoms with Crippen LogP contribution in [0.15, 0.2) is 48.5 Å². The van der Waals surface area contributed by atoms with E-state index in [9.17, 15) is 4.79 Å². The maximum Gasteiger partial charge on any atom is 0.293 e. The van der Waals surface area contributed by atoms with Crippen LogP contribution in [0.25, 0.3) is 5.69 Å². The Balaban J connectivity index is 1.83. The Hall–Kier alpha value is -2.86. The number of hydrogen-bond acceptors (Lipinski definition) is 4. The van der Waals surface area contributed by atoms with Crippen LogP contribution < -0.4 is 4.74 Å². The quantitative estimate of drug-likeness (QED) is 0.646. The van der Waals surface area contributed by atoms with Crippen LogP contribution in [0.3, 0.4) is 0 Å². The lowest BCUT2D eigenvalue weighted by molar-refractivity contribution is 0.0740. The highest BCUT2D eigenvalue weighted by Crippen LogP contribution is 2.20. The molecule has 0 N–H and O–H groups in total. The molecule has 3 rings (SSSR count). The molecule has 0 saturated carbocycles. The molecule has 6 nitrogen and oxygen atoms in total. The Kier molecular flexibility index (Phi) is 5.76. The molecular formula is C20H21ClN4O2. The van der Waals surface area contributed by atoms with Gasteiger partial charge in [0.25, 0.3) is 5.91 Å². The van der Waals surface area contributed by atoms with Gasteiger partial charge in [-0.2, -0.15) is 0 Å².